The molecule has 0 saturated heterocycles. The number of allylic oxidation sites excluding steroid dienone is 1. The molecule has 0 saturated carbocycles. The highest BCUT2D eigenvalue weighted by Crippen LogP contribution is 2.14. The van der Waals surface area contributed by atoms with Crippen LogP contribution in [0.5, 0.6) is 0 Å². The monoisotopic (exact) mass is 246 g/mol. The summed E-state index contributed by atoms with van der Waals surface area (Å²) < 4.78 is 4.72. The molecule has 1 aromatic carbocycles. The first-order valence-corrected chi connectivity index (χ1v) is 5.79. The van der Waals surface area contributed by atoms with Crippen molar-refractivity contribution in [3.05, 3.63) is 41.6 Å². The number of hydrogen-bond acceptors (Lipinski definition) is 4. The third-order valence-electron chi connectivity index (χ3n) is 2.53. The van der Waals surface area contributed by atoms with Gasteiger partial charge < -0.3 is 15.5 Å². The van der Waals surface area contributed by atoms with Crippen LogP contribution in [0.15, 0.2) is 41.6 Å². The lowest BCUT2D eigenvalue weighted by molar-refractivity contribution is -0.135. The fraction of sp³-hybridized carbons (Fsp3) is 0.286. The van der Waals surface area contributed by atoms with Crippen LogP contribution in [0.1, 0.15) is 20.3 Å². The van der Waals surface area contributed by atoms with E-state index < -0.39 is 5.97 Å². The van der Waals surface area contributed by atoms with E-state index in [9.17, 15) is 4.79 Å². The Kier molecular flexibility index (Phi) is 5.11. The molecule has 0 unspecified atom stereocenters. The minimum atomic E-state index is -0.484. The summed E-state index contributed by atoms with van der Waals surface area (Å²) in [4.78, 5) is 11.7. The number of benzene rings is 1. The van der Waals surface area contributed by atoms with Gasteiger partial charge in [0.05, 0.1) is 12.7 Å². The molecule has 0 aliphatic rings. The molecule has 0 amide bonds. The van der Waals surface area contributed by atoms with E-state index in [0.29, 0.717) is 17.7 Å². The van der Waals surface area contributed by atoms with E-state index in [-0.39, 0.29) is 5.71 Å². The topological polar surface area (TPSA) is 62.2 Å². The maximum atomic E-state index is 11.7. The fourth-order valence-electron chi connectivity index (χ4n) is 1.58. The van der Waals surface area contributed by atoms with Crippen LogP contribution in [0.3, 0.4) is 0 Å². The molecule has 0 fully saturated rings. The highest BCUT2D eigenvalue weighted by atomic mass is 16.5. The molecule has 0 spiro atoms. The molecular formula is C14H18N2O2. The number of nitrogens with one attached hydrogen (secondary N) is 2. The fourth-order valence-corrected chi connectivity index (χ4v) is 1.58. The first kappa shape index (κ1) is 14.0. The van der Waals surface area contributed by atoms with Crippen LogP contribution in [0.25, 0.3) is 0 Å². The maximum absolute atomic E-state index is 11.7. The van der Waals surface area contributed by atoms with Gasteiger partial charge in [0.25, 0.3) is 0 Å². The van der Waals surface area contributed by atoms with Crippen LogP contribution in [0.4, 0.5) is 5.69 Å². The average molecular weight is 246 g/mol. The van der Waals surface area contributed by atoms with E-state index >= 15 is 0 Å². The summed E-state index contributed by atoms with van der Waals surface area (Å²) >= 11 is 0. The predicted molar refractivity (Wildman–Crippen MR) is 72.8 cm³/mol. The Morgan fingerprint density at radius 1 is 1.33 bits per heavy atom. The number of ether oxygens (including phenoxy) is 1. The van der Waals surface area contributed by atoms with Crippen molar-refractivity contribution in [3.8, 4) is 0 Å². The number of rotatable bonds is 5. The first-order valence-electron chi connectivity index (χ1n) is 5.79. The van der Waals surface area contributed by atoms with Crippen molar-refractivity contribution in [2.45, 2.75) is 20.3 Å². The van der Waals surface area contributed by atoms with E-state index in [1.807, 2.05) is 37.3 Å². The molecule has 18 heavy (non-hydrogen) atoms. The largest absolute Gasteiger partial charge is 0.465 e. The maximum Gasteiger partial charge on any atom is 0.341 e. The van der Waals surface area contributed by atoms with Crippen molar-refractivity contribution in [3.63, 3.8) is 0 Å². The summed E-state index contributed by atoms with van der Waals surface area (Å²) in [5.41, 5.74) is 2.06. The van der Waals surface area contributed by atoms with Crippen molar-refractivity contribution in [1.29, 1.82) is 5.41 Å². The zero-order valence-corrected chi connectivity index (χ0v) is 10.9. The Hall–Kier alpha value is -2.10. The quantitative estimate of drug-likeness (QED) is 0.477. The molecule has 0 aliphatic heterocycles. The second-order valence-corrected chi connectivity index (χ2v) is 3.81. The number of carbonyl (C=O) groups excluding carboxylic acids is 1. The van der Waals surface area contributed by atoms with Gasteiger partial charge >= 0.3 is 5.97 Å². The molecule has 0 radical (unpaired) electrons. The van der Waals surface area contributed by atoms with Crippen molar-refractivity contribution >= 4 is 17.4 Å². The van der Waals surface area contributed by atoms with Gasteiger partial charge in [-0.1, -0.05) is 25.1 Å². The smallest absolute Gasteiger partial charge is 0.341 e. The standard InChI is InChI=1S/C14H18N2O2/c1-4-12(15)13(14(17)18-3)10(2)16-11-8-6-5-7-9-11/h5-9,15-16H,4H2,1-3H3/b13-10+,15-12?. The van der Waals surface area contributed by atoms with E-state index in [0.717, 1.165) is 5.69 Å². The lowest BCUT2D eigenvalue weighted by atomic mass is 10.1. The van der Waals surface area contributed by atoms with Gasteiger partial charge in [0.1, 0.15) is 0 Å². The number of methoxy groups -OCH3 is 1. The highest BCUT2D eigenvalue weighted by Gasteiger charge is 2.17. The summed E-state index contributed by atoms with van der Waals surface area (Å²) in [6.45, 7) is 3.60. The van der Waals surface area contributed by atoms with E-state index in [2.05, 4.69) is 5.32 Å². The molecule has 2 N–H and O–H groups in total. The van der Waals surface area contributed by atoms with Gasteiger partial charge in [0.15, 0.2) is 0 Å². The van der Waals surface area contributed by atoms with Gasteiger partial charge in [-0.2, -0.15) is 0 Å². The lowest BCUT2D eigenvalue weighted by Crippen LogP contribution is -2.18. The normalized spacial score (nSPS) is 11.5. The minimum Gasteiger partial charge on any atom is -0.465 e. The van der Waals surface area contributed by atoms with E-state index in [1.54, 1.807) is 6.92 Å². The molecule has 0 bridgehead atoms. The molecule has 0 aromatic heterocycles. The number of anilines is 1. The van der Waals surface area contributed by atoms with Crippen molar-refractivity contribution in [2.24, 2.45) is 0 Å². The lowest BCUT2D eigenvalue weighted by Gasteiger charge is -2.12. The molecule has 0 aliphatic carbocycles. The predicted octanol–water partition coefficient (Wildman–Crippen LogP) is 2.98. The SMILES string of the molecule is CCC(=N)/C(C(=O)OC)=C(/C)Nc1ccccc1. The van der Waals surface area contributed by atoms with Crippen LogP contribution < -0.4 is 5.32 Å². The third kappa shape index (κ3) is 3.45. The summed E-state index contributed by atoms with van der Waals surface area (Å²) in [6.07, 6.45) is 0.484. The highest BCUT2D eigenvalue weighted by molar-refractivity contribution is 6.19. The van der Waals surface area contributed by atoms with Crippen LogP contribution in [-0.2, 0) is 9.53 Å². The Balaban J connectivity index is 3.04. The summed E-state index contributed by atoms with van der Waals surface area (Å²) in [6, 6.07) is 9.51. The van der Waals surface area contributed by atoms with Crippen molar-refractivity contribution < 1.29 is 9.53 Å². The Labute approximate surface area is 107 Å². The second-order valence-electron chi connectivity index (χ2n) is 3.81. The van der Waals surface area contributed by atoms with Gasteiger partial charge in [-0.3, -0.25) is 0 Å². The molecule has 4 heteroatoms. The third-order valence-corrected chi connectivity index (χ3v) is 2.53. The van der Waals surface area contributed by atoms with E-state index in [4.69, 9.17) is 10.1 Å². The van der Waals surface area contributed by atoms with Crippen LogP contribution in [0, 0.1) is 5.41 Å². The first-order chi connectivity index (χ1) is 8.60. The summed E-state index contributed by atoms with van der Waals surface area (Å²) in [7, 11) is 1.32. The van der Waals surface area contributed by atoms with Gasteiger partial charge in [-0.05, 0) is 25.5 Å². The molecule has 1 rings (SSSR count). The Morgan fingerprint density at radius 2 is 1.94 bits per heavy atom. The molecular weight excluding hydrogens is 228 g/mol. The average Bonchev–Trinajstić information content (AvgIpc) is 2.39. The molecule has 96 valence electrons. The van der Waals surface area contributed by atoms with Gasteiger partial charge in [0, 0.05) is 17.1 Å². The number of hydrogen-bond donors (Lipinski definition) is 2. The Bertz CT molecular complexity index is 446. The van der Waals surface area contributed by atoms with Gasteiger partial charge in [-0.15, -0.1) is 0 Å². The van der Waals surface area contributed by atoms with Crippen molar-refractivity contribution in [1.82, 2.24) is 0 Å². The number of carbonyl (C=O) groups is 1. The summed E-state index contributed by atoms with van der Waals surface area (Å²) in [5.74, 6) is -0.484. The molecule has 0 heterocycles. The minimum absolute atomic E-state index is 0.266. The molecule has 1 aromatic rings. The Morgan fingerprint density at radius 3 is 2.44 bits per heavy atom. The van der Waals surface area contributed by atoms with Gasteiger partial charge in [-0.25, -0.2) is 4.79 Å². The molecule has 4 nitrogen and oxygen atoms in total. The van der Waals surface area contributed by atoms with Gasteiger partial charge in [0.2, 0.25) is 0 Å². The zero-order valence-electron chi connectivity index (χ0n) is 10.9. The number of esters is 1. The van der Waals surface area contributed by atoms with Crippen molar-refractivity contribution in [2.75, 3.05) is 12.4 Å². The zero-order chi connectivity index (χ0) is 13.5. The second kappa shape index (κ2) is 6.59. The van der Waals surface area contributed by atoms with Crippen LogP contribution in [0.2, 0.25) is 0 Å². The summed E-state index contributed by atoms with van der Waals surface area (Å²) in [5, 5.41) is 10.9. The number of para-hydroxylation sites is 1. The van der Waals surface area contributed by atoms with Crippen LogP contribution in [-0.4, -0.2) is 18.8 Å². The van der Waals surface area contributed by atoms with E-state index in [1.165, 1.54) is 7.11 Å². The molecule has 0 atom stereocenters. The van der Waals surface area contributed by atoms with Crippen LogP contribution >= 0.6 is 0 Å².